The summed E-state index contributed by atoms with van der Waals surface area (Å²) in [6, 6.07) is 0. The minimum Gasteiger partial charge on any atom is -0.351 e. The standard InChI is InChI=1S/C13H26N2O/c1-5-12(3,4)15-11(16)13(6-2)8-7-9-14-10-13/h14H,5-10H2,1-4H3,(H,15,16). The number of amides is 1. The Morgan fingerprint density at radius 1 is 1.44 bits per heavy atom. The van der Waals surface area contributed by atoms with Gasteiger partial charge in [-0.2, -0.15) is 0 Å². The summed E-state index contributed by atoms with van der Waals surface area (Å²) in [6.07, 6.45) is 4.01. The van der Waals surface area contributed by atoms with E-state index in [-0.39, 0.29) is 16.9 Å². The summed E-state index contributed by atoms with van der Waals surface area (Å²) >= 11 is 0. The van der Waals surface area contributed by atoms with Crippen molar-refractivity contribution in [2.75, 3.05) is 13.1 Å². The lowest BCUT2D eigenvalue weighted by Gasteiger charge is -2.38. The van der Waals surface area contributed by atoms with Gasteiger partial charge < -0.3 is 10.6 Å². The number of piperidine rings is 1. The van der Waals surface area contributed by atoms with E-state index < -0.39 is 0 Å². The zero-order valence-corrected chi connectivity index (χ0v) is 11.2. The highest BCUT2D eigenvalue weighted by molar-refractivity contribution is 5.83. The third-order valence-corrected chi connectivity index (χ3v) is 3.97. The molecule has 16 heavy (non-hydrogen) atoms. The maximum atomic E-state index is 12.4. The second-order valence-electron chi connectivity index (χ2n) is 5.61. The number of nitrogens with one attached hydrogen (secondary N) is 2. The lowest BCUT2D eigenvalue weighted by molar-refractivity contribution is -0.134. The van der Waals surface area contributed by atoms with Gasteiger partial charge in [-0.1, -0.05) is 13.8 Å². The van der Waals surface area contributed by atoms with Crippen molar-refractivity contribution in [1.82, 2.24) is 10.6 Å². The summed E-state index contributed by atoms with van der Waals surface area (Å²) in [5.41, 5.74) is -0.263. The molecule has 3 heteroatoms. The molecule has 0 aromatic carbocycles. The van der Waals surface area contributed by atoms with E-state index in [4.69, 9.17) is 0 Å². The molecule has 0 aromatic heterocycles. The van der Waals surface area contributed by atoms with Gasteiger partial charge in [0.05, 0.1) is 5.41 Å². The molecule has 0 radical (unpaired) electrons. The van der Waals surface area contributed by atoms with Gasteiger partial charge in [0.1, 0.15) is 0 Å². The molecule has 3 nitrogen and oxygen atoms in total. The van der Waals surface area contributed by atoms with E-state index in [1.165, 1.54) is 0 Å². The van der Waals surface area contributed by atoms with Crippen LogP contribution >= 0.6 is 0 Å². The minimum atomic E-state index is -0.176. The van der Waals surface area contributed by atoms with Crippen LogP contribution < -0.4 is 10.6 Å². The predicted octanol–water partition coefficient (Wildman–Crippen LogP) is 2.07. The first kappa shape index (κ1) is 13.5. The first-order chi connectivity index (χ1) is 7.46. The zero-order chi connectivity index (χ0) is 12.2. The van der Waals surface area contributed by atoms with E-state index in [0.717, 1.165) is 38.8 Å². The molecule has 94 valence electrons. The highest BCUT2D eigenvalue weighted by atomic mass is 16.2. The molecule has 1 unspecified atom stereocenters. The van der Waals surface area contributed by atoms with Gasteiger partial charge in [0.15, 0.2) is 0 Å². The molecule has 1 rings (SSSR count). The van der Waals surface area contributed by atoms with E-state index in [1.54, 1.807) is 0 Å². The Kier molecular flexibility index (Phi) is 4.36. The maximum absolute atomic E-state index is 12.4. The van der Waals surface area contributed by atoms with Crippen LogP contribution in [0.3, 0.4) is 0 Å². The molecule has 0 saturated carbocycles. The molecular weight excluding hydrogens is 200 g/mol. The Bertz CT molecular complexity index is 242. The average Bonchev–Trinajstić information content (AvgIpc) is 2.29. The fourth-order valence-corrected chi connectivity index (χ4v) is 2.15. The third kappa shape index (κ3) is 2.97. The van der Waals surface area contributed by atoms with Crippen LogP contribution in [0, 0.1) is 5.41 Å². The van der Waals surface area contributed by atoms with Gasteiger partial charge in [-0.3, -0.25) is 4.79 Å². The van der Waals surface area contributed by atoms with Crippen molar-refractivity contribution in [2.45, 2.75) is 58.9 Å². The second-order valence-corrected chi connectivity index (χ2v) is 5.61. The number of carbonyl (C=O) groups excluding carboxylic acids is 1. The molecule has 1 heterocycles. The summed E-state index contributed by atoms with van der Waals surface area (Å²) in [7, 11) is 0. The molecule has 0 bridgehead atoms. The van der Waals surface area contributed by atoms with Gasteiger partial charge in [0.25, 0.3) is 0 Å². The molecule has 1 amide bonds. The van der Waals surface area contributed by atoms with Crippen LogP contribution in [0.25, 0.3) is 0 Å². The van der Waals surface area contributed by atoms with Gasteiger partial charge in [-0.15, -0.1) is 0 Å². The van der Waals surface area contributed by atoms with Gasteiger partial charge >= 0.3 is 0 Å². The van der Waals surface area contributed by atoms with Crippen molar-refractivity contribution in [3.63, 3.8) is 0 Å². The average molecular weight is 226 g/mol. The van der Waals surface area contributed by atoms with Crippen molar-refractivity contribution in [3.05, 3.63) is 0 Å². The molecule has 2 N–H and O–H groups in total. The van der Waals surface area contributed by atoms with Gasteiger partial charge in [0.2, 0.25) is 5.91 Å². The number of rotatable bonds is 4. The molecule has 1 atom stereocenters. The number of carbonyl (C=O) groups is 1. The van der Waals surface area contributed by atoms with Crippen molar-refractivity contribution >= 4 is 5.91 Å². The Labute approximate surface area is 99.4 Å². The van der Waals surface area contributed by atoms with Crippen LogP contribution in [0.1, 0.15) is 53.4 Å². The van der Waals surface area contributed by atoms with Crippen LogP contribution in [0.4, 0.5) is 0 Å². The van der Waals surface area contributed by atoms with Crippen molar-refractivity contribution < 1.29 is 4.79 Å². The summed E-state index contributed by atoms with van der Waals surface area (Å²) < 4.78 is 0. The SMILES string of the molecule is CCC(C)(C)NC(=O)C1(CC)CCCNC1. The maximum Gasteiger partial charge on any atom is 0.227 e. The first-order valence-electron chi connectivity index (χ1n) is 6.49. The predicted molar refractivity (Wildman–Crippen MR) is 67.3 cm³/mol. The van der Waals surface area contributed by atoms with Gasteiger partial charge in [-0.25, -0.2) is 0 Å². The molecule has 1 aliphatic rings. The van der Waals surface area contributed by atoms with E-state index in [0.29, 0.717) is 0 Å². The lowest BCUT2D eigenvalue weighted by Crippen LogP contribution is -2.55. The molecular formula is C13H26N2O. The Hall–Kier alpha value is -0.570. The highest BCUT2D eigenvalue weighted by Crippen LogP contribution is 2.31. The van der Waals surface area contributed by atoms with Gasteiger partial charge in [0, 0.05) is 12.1 Å². The van der Waals surface area contributed by atoms with Crippen LogP contribution in [0.5, 0.6) is 0 Å². The van der Waals surface area contributed by atoms with E-state index in [1.807, 2.05) is 0 Å². The quantitative estimate of drug-likeness (QED) is 0.770. The highest BCUT2D eigenvalue weighted by Gasteiger charge is 2.39. The molecule has 0 spiro atoms. The van der Waals surface area contributed by atoms with Crippen LogP contribution in [0.2, 0.25) is 0 Å². The normalized spacial score (nSPS) is 26.5. The van der Waals surface area contributed by atoms with Crippen LogP contribution in [0.15, 0.2) is 0 Å². The number of hydrogen-bond acceptors (Lipinski definition) is 2. The first-order valence-corrected chi connectivity index (χ1v) is 6.49. The fraction of sp³-hybridized carbons (Fsp3) is 0.923. The number of hydrogen-bond donors (Lipinski definition) is 2. The Morgan fingerprint density at radius 2 is 2.12 bits per heavy atom. The summed E-state index contributed by atoms with van der Waals surface area (Å²) in [5, 5.41) is 6.54. The van der Waals surface area contributed by atoms with Crippen LogP contribution in [-0.4, -0.2) is 24.5 Å². The molecule has 0 aliphatic carbocycles. The smallest absolute Gasteiger partial charge is 0.227 e. The summed E-state index contributed by atoms with van der Waals surface area (Å²) in [4.78, 5) is 12.4. The summed E-state index contributed by atoms with van der Waals surface area (Å²) in [5.74, 6) is 0.231. The largest absolute Gasteiger partial charge is 0.351 e. The topological polar surface area (TPSA) is 41.1 Å². The van der Waals surface area contributed by atoms with Crippen LogP contribution in [-0.2, 0) is 4.79 Å². The molecule has 1 aliphatic heterocycles. The monoisotopic (exact) mass is 226 g/mol. The van der Waals surface area contributed by atoms with E-state index >= 15 is 0 Å². The minimum absolute atomic E-state index is 0.0866. The van der Waals surface area contributed by atoms with E-state index in [9.17, 15) is 4.79 Å². The Morgan fingerprint density at radius 3 is 2.56 bits per heavy atom. The summed E-state index contributed by atoms with van der Waals surface area (Å²) in [6.45, 7) is 10.3. The molecule has 1 saturated heterocycles. The lowest BCUT2D eigenvalue weighted by atomic mass is 9.77. The van der Waals surface area contributed by atoms with E-state index in [2.05, 4.69) is 38.3 Å². The van der Waals surface area contributed by atoms with Crippen molar-refractivity contribution in [2.24, 2.45) is 5.41 Å². The third-order valence-electron chi connectivity index (χ3n) is 3.97. The molecule has 0 aromatic rings. The second kappa shape index (κ2) is 5.17. The van der Waals surface area contributed by atoms with Crippen molar-refractivity contribution in [3.8, 4) is 0 Å². The van der Waals surface area contributed by atoms with Gasteiger partial charge in [-0.05, 0) is 46.1 Å². The zero-order valence-electron chi connectivity index (χ0n) is 11.2. The molecule has 1 fully saturated rings. The van der Waals surface area contributed by atoms with Crippen molar-refractivity contribution in [1.29, 1.82) is 0 Å². The Balaban J connectivity index is 2.69. The fourth-order valence-electron chi connectivity index (χ4n) is 2.15.